The molecule has 0 unspecified atom stereocenters. The molecular weight excluding hydrogens is 370 g/mol. The van der Waals surface area contributed by atoms with Gasteiger partial charge in [0.25, 0.3) is 0 Å². The number of hydrogen-bond acceptors (Lipinski definition) is 3. The van der Waals surface area contributed by atoms with Crippen molar-refractivity contribution in [1.82, 2.24) is 0 Å². The Kier molecular flexibility index (Phi) is 4.38. The minimum Gasteiger partial charge on any atom is -0.497 e. The third-order valence-electron chi connectivity index (χ3n) is 3.21. The van der Waals surface area contributed by atoms with Gasteiger partial charge in [0.15, 0.2) is 0 Å². The first-order chi connectivity index (χ1) is 10.2. The van der Waals surface area contributed by atoms with Crippen molar-refractivity contribution in [2.45, 2.75) is 6.54 Å². The molecule has 2 aromatic carbocycles. The van der Waals surface area contributed by atoms with Crippen LogP contribution in [-0.4, -0.2) is 7.11 Å². The van der Waals surface area contributed by atoms with Crippen LogP contribution in [0.1, 0.15) is 4.88 Å². The molecule has 0 bridgehead atoms. The highest BCUT2D eigenvalue weighted by Gasteiger charge is 2.10. The lowest BCUT2D eigenvalue weighted by atomic mass is 10.2. The lowest BCUT2D eigenvalue weighted by Crippen LogP contribution is -1.99. The van der Waals surface area contributed by atoms with Gasteiger partial charge < -0.3 is 10.1 Å². The topological polar surface area (TPSA) is 21.3 Å². The van der Waals surface area contributed by atoms with Crippen LogP contribution in [0.15, 0.2) is 46.9 Å². The third-order valence-corrected chi connectivity index (χ3v) is 5.62. The second-order valence-corrected chi connectivity index (χ2v) is 6.90. The van der Waals surface area contributed by atoms with E-state index in [-0.39, 0.29) is 0 Å². The molecule has 0 radical (unpaired) electrons. The van der Waals surface area contributed by atoms with E-state index in [0.717, 1.165) is 31.2 Å². The minimum absolute atomic E-state index is 0.684. The van der Waals surface area contributed by atoms with Gasteiger partial charge in [0, 0.05) is 25.5 Å². The highest BCUT2D eigenvalue weighted by molar-refractivity contribution is 9.10. The van der Waals surface area contributed by atoms with Crippen molar-refractivity contribution in [2.24, 2.45) is 0 Å². The zero-order valence-corrected chi connectivity index (χ0v) is 14.5. The summed E-state index contributed by atoms with van der Waals surface area (Å²) in [6, 6.07) is 14.0. The number of halogens is 2. The van der Waals surface area contributed by atoms with Gasteiger partial charge >= 0.3 is 0 Å². The van der Waals surface area contributed by atoms with Crippen molar-refractivity contribution in [1.29, 1.82) is 0 Å². The largest absolute Gasteiger partial charge is 0.497 e. The Morgan fingerprint density at radius 1 is 1.24 bits per heavy atom. The van der Waals surface area contributed by atoms with Crippen molar-refractivity contribution >= 4 is 54.6 Å². The summed E-state index contributed by atoms with van der Waals surface area (Å²) in [4.78, 5) is 1.13. The van der Waals surface area contributed by atoms with E-state index in [0.29, 0.717) is 6.54 Å². The van der Waals surface area contributed by atoms with E-state index < -0.39 is 0 Å². The lowest BCUT2D eigenvalue weighted by molar-refractivity contribution is 0.415. The normalized spacial score (nSPS) is 10.8. The van der Waals surface area contributed by atoms with E-state index in [1.165, 1.54) is 4.70 Å². The Morgan fingerprint density at radius 2 is 2.05 bits per heavy atom. The molecule has 2 nitrogen and oxygen atoms in total. The number of fused-ring (bicyclic) bond motifs is 1. The standard InChI is InChI=1S/C16H13BrClNOS/c1-20-10-6-7-12(17)13(8-10)19-9-15-16(18)11-4-2-3-5-14(11)21-15/h2-8,19H,9H2,1H3. The molecule has 0 aliphatic rings. The predicted octanol–water partition coefficient (Wildman–Crippen LogP) is 5.94. The van der Waals surface area contributed by atoms with Crippen LogP contribution >= 0.6 is 38.9 Å². The number of benzene rings is 2. The van der Waals surface area contributed by atoms with Gasteiger partial charge in [0.1, 0.15) is 5.75 Å². The van der Waals surface area contributed by atoms with Crippen molar-refractivity contribution in [2.75, 3.05) is 12.4 Å². The molecule has 21 heavy (non-hydrogen) atoms. The molecule has 0 spiro atoms. The smallest absolute Gasteiger partial charge is 0.121 e. The van der Waals surface area contributed by atoms with Crippen LogP contribution in [0, 0.1) is 0 Å². The number of hydrogen-bond donors (Lipinski definition) is 1. The van der Waals surface area contributed by atoms with E-state index in [9.17, 15) is 0 Å². The summed E-state index contributed by atoms with van der Waals surface area (Å²) < 4.78 is 7.46. The van der Waals surface area contributed by atoms with Gasteiger partial charge in [-0.2, -0.15) is 0 Å². The maximum atomic E-state index is 6.46. The van der Waals surface area contributed by atoms with Crippen LogP contribution in [0.3, 0.4) is 0 Å². The molecule has 1 aromatic heterocycles. The van der Waals surface area contributed by atoms with Crippen molar-refractivity contribution < 1.29 is 4.74 Å². The van der Waals surface area contributed by atoms with E-state index in [2.05, 4.69) is 33.4 Å². The van der Waals surface area contributed by atoms with Crippen LogP contribution < -0.4 is 10.1 Å². The Morgan fingerprint density at radius 3 is 2.81 bits per heavy atom. The fourth-order valence-corrected chi connectivity index (χ4v) is 3.95. The highest BCUT2D eigenvalue weighted by atomic mass is 79.9. The molecule has 1 heterocycles. The molecule has 1 N–H and O–H groups in total. The number of rotatable bonds is 4. The van der Waals surface area contributed by atoms with Crippen LogP contribution in [-0.2, 0) is 6.54 Å². The van der Waals surface area contributed by atoms with Crippen LogP contribution in [0.4, 0.5) is 5.69 Å². The second-order valence-electron chi connectivity index (χ2n) is 4.53. The van der Waals surface area contributed by atoms with Crippen molar-refractivity contribution in [3.05, 3.63) is 56.8 Å². The molecule has 0 saturated heterocycles. The molecule has 0 amide bonds. The first-order valence-electron chi connectivity index (χ1n) is 6.42. The second kappa shape index (κ2) is 6.26. The van der Waals surface area contributed by atoms with E-state index in [1.807, 2.05) is 30.3 Å². The first-order valence-corrected chi connectivity index (χ1v) is 8.41. The summed E-state index contributed by atoms with van der Waals surface area (Å²) >= 11 is 11.7. The summed E-state index contributed by atoms with van der Waals surface area (Å²) in [6.45, 7) is 0.684. The summed E-state index contributed by atoms with van der Waals surface area (Å²) in [5.41, 5.74) is 0.989. The average molecular weight is 383 g/mol. The van der Waals surface area contributed by atoms with Crippen LogP contribution in [0.2, 0.25) is 5.02 Å². The quantitative estimate of drug-likeness (QED) is 0.603. The average Bonchev–Trinajstić information content (AvgIpc) is 2.83. The van der Waals surface area contributed by atoms with Gasteiger partial charge in [-0.1, -0.05) is 29.8 Å². The van der Waals surface area contributed by atoms with Crippen LogP contribution in [0.5, 0.6) is 5.75 Å². The first kappa shape index (κ1) is 14.7. The molecule has 3 rings (SSSR count). The van der Waals surface area contributed by atoms with Gasteiger partial charge in [-0.25, -0.2) is 0 Å². The number of thiophene rings is 1. The zero-order chi connectivity index (χ0) is 14.8. The van der Waals surface area contributed by atoms with E-state index >= 15 is 0 Å². The molecule has 108 valence electrons. The highest BCUT2D eigenvalue weighted by Crippen LogP contribution is 2.36. The molecule has 0 fully saturated rings. The SMILES string of the molecule is COc1ccc(Br)c(NCc2sc3ccccc3c2Cl)c1. The van der Waals surface area contributed by atoms with Gasteiger partial charge in [-0.3, -0.25) is 0 Å². The molecule has 0 aliphatic carbocycles. The number of nitrogens with one attached hydrogen (secondary N) is 1. The van der Waals surface area contributed by atoms with E-state index in [4.69, 9.17) is 16.3 Å². The van der Waals surface area contributed by atoms with Crippen molar-refractivity contribution in [3.8, 4) is 5.75 Å². The fraction of sp³-hybridized carbons (Fsp3) is 0.125. The Labute approximate surface area is 140 Å². The molecule has 5 heteroatoms. The molecule has 0 atom stereocenters. The Bertz CT molecular complexity index is 787. The zero-order valence-electron chi connectivity index (χ0n) is 11.3. The monoisotopic (exact) mass is 381 g/mol. The van der Waals surface area contributed by atoms with Gasteiger partial charge in [-0.15, -0.1) is 11.3 Å². The van der Waals surface area contributed by atoms with Gasteiger partial charge in [0.05, 0.1) is 24.4 Å². The third kappa shape index (κ3) is 3.03. The summed E-state index contributed by atoms with van der Waals surface area (Å²) in [5, 5.41) is 5.36. The summed E-state index contributed by atoms with van der Waals surface area (Å²) in [5.74, 6) is 0.822. The summed E-state index contributed by atoms with van der Waals surface area (Å²) in [6.07, 6.45) is 0. The number of ether oxygens (including phenoxy) is 1. The van der Waals surface area contributed by atoms with Gasteiger partial charge in [-0.05, 0) is 34.1 Å². The maximum absolute atomic E-state index is 6.46. The Hall–Kier alpha value is -1.23. The van der Waals surface area contributed by atoms with Crippen molar-refractivity contribution in [3.63, 3.8) is 0 Å². The molecule has 3 aromatic rings. The molecule has 0 aliphatic heterocycles. The Balaban J connectivity index is 1.85. The van der Waals surface area contributed by atoms with Crippen LogP contribution in [0.25, 0.3) is 10.1 Å². The van der Waals surface area contributed by atoms with E-state index in [1.54, 1.807) is 18.4 Å². The predicted molar refractivity (Wildman–Crippen MR) is 94.9 cm³/mol. The molecule has 0 saturated carbocycles. The number of anilines is 1. The number of methoxy groups -OCH3 is 1. The molecular formula is C16H13BrClNOS. The summed E-state index contributed by atoms with van der Waals surface area (Å²) in [7, 11) is 1.66. The lowest BCUT2D eigenvalue weighted by Gasteiger charge is -2.09. The fourth-order valence-electron chi connectivity index (χ4n) is 2.12. The maximum Gasteiger partial charge on any atom is 0.121 e. The minimum atomic E-state index is 0.684. The van der Waals surface area contributed by atoms with Gasteiger partial charge in [0.2, 0.25) is 0 Å².